The normalized spacial score (nSPS) is 7.55. The summed E-state index contributed by atoms with van der Waals surface area (Å²) < 4.78 is 1.25. The Morgan fingerprint density at radius 2 is 1.09 bits per heavy atom. The number of nitrogens with one attached hydrogen (secondary N) is 3. The Morgan fingerprint density at radius 3 is 1.18 bits per heavy atom. The predicted molar refractivity (Wildman–Crippen MR) is 108 cm³/mol. The minimum absolute atomic E-state index is 0. The zero-order valence-electron chi connectivity index (χ0n) is 13.4. The molecule has 0 rings (SSSR count). The Kier molecular flexibility index (Phi) is 38.9. The van der Waals surface area contributed by atoms with E-state index >= 15 is 0 Å². The molecule has 0 saturated heterocycles. The zero-order chi connectivity index (χ0) is 16.7. The zero-order valence-corrected chi connectivity index (χ0v) is 22.4. The molecule has 0 bridgehead atoms. The molecule has 0 saturated carbocycles. The van der Waals surface area contributed by atoms with Crippen LogP contribution in [0.5, 0.6) is 0 Å². The van der Waals surface area contributed by atoms with Crippen LogP contribution >= 0.6 is 36.7 Å². The van der Waals surface area contributed by atoms with Crippen molar-refractivity contribution in [2.24, 2.45) is 0 Å². The van der Waals surface area contributed by atoms with Crippen molar-refractivity contribution in [2.75, 3.05) is 48.3 Å². The summed E-state index contributed by atoms with van der Waals surface area (Å²) in [5.41, 5.74) is 0. The summed E-state index contributed by atoms with van der Waals surface area (Å²) in [5.74, 6) is 0. The van der Waals surface area contributed by atoms with Gasteiger partial charge in [-0.25, -0.2) is 0 Å². The molecule has 0 aliphatic heterocycles. The first-order valence-corrected chi connectivity index (χ1v) is 8.00. The molecule has 0 aromatic carbocycles. The Bertz CT molecular complexity index is 276. The summed E-state index contributed by atoms with van der Waals surface area (Å²) >= 11 is 27.5. The maximum Gasteiger partial charge on any atom is 2.00 e. The summed E-state index contributed by atoms with van der Waals surface area (Å²) in [5, 5.41) is 5.56. The molecule has 0 amide bonds. The average Bonchev–Trinajstić information content (AvgIpc) is 2.23. The molecule has 3 N–H and O–H groups in total. The van der Waals surface area contributed by atoms with Crippen molar-refractivity contribution >= 4 is 87.5 Å². The van der Waals surface area contributed by atoms with E-state index < -0.39 is 0 Å². The van der Waals surface area contributed by atoms with Gasteiger partial charge >= 0.3 is 19.5 Å². The molecule has 4 nitrogen and oxygen atoms in total. The minimum atomic E-state index is 0. The van der Waals surface area contributed by atoms with Gasteiger partial charge in [0.1, 0.15) is 0 Å². The smallest absolute Gasteiger partial charge is 0.412 e. The Morgan fingerprint density at radius 1 is 0.909 bits per heavy atom. The van der Waals surface area contributed by atoms with Gasteiger partial charge in [-0.15, -0.1) is 0 Å². The Hall–Kier alpha value is 1.43. The summed E-state index contributed by atoms with van der Waals surface area (Å²) in [6.07, 6.45) is 0. The van der Waals surface area contributed by atoms with E-state index in [0.29, 0.717) is 26.1 Å². The fraction of sp³-hybridized carbons (Fsp3) is 0.700. The van der Waals surface area contributed by atoms with Crippen molar-refractivity contribution < 1.29 is 41.4 Å². The van der Waals surface area contributed by atoms with Crippen molar-refractivity contribution in [2.45, 2.75) is 0 Å². The molecule has 0 heterocycles. The van der Waals surface area contributed by atoms with E-state index in [-0.39, 0.29) is 36.5 Å². The third kappa shape index (κ3) is 57.9. The monoisotopic (exact) mass is 509 g/mol. The van der Waals surface area contributed by atoms with Crippen molar-refractivity contribution in [3.8, 4) is 0 Å². The molecular formula is C10H22MnN4S6Zn. The molecule has 0 aliphatic carbocycles. The molecule has 0 aliphatic rings. The van der Waals surface area contributed by atoms with Crippen LogP contribution in [0.1, 0.15) is 0 Å². The third-order valence-electron chi connectivity index (χ3n) is 1.03. The van der Waals surface area contributed by atoms with E-state index in [1.54, 1.807) is 4.90 Å². The van der Waals surface area contributed by atoms with Gasteiger partial charge in [-0.1, -0.05) is 13.0 Å². The van der Waals surface area contributed by atoms with Gasteiger partial charge in [0.2, 0.25) is 0 Å². The van der Waals surface area contributed by atoms with Crippen LogP contribution in [-0.4, -0.2) is 66.2 Å². The van der Waals surface area contributed by atoms with Crippen molar-refractivity contribution in [3.05, 3.63) is 0 Å². The van der Waals surface area contributed by atoms with Gasteiger partial charge in [-0.05, 0) is 0 Å². The van der Waals surface area contributed by atoms with Gasteiger partial charge in [-0.3, -0.25) is 0 Å². The van der Waals surface area contributed by atoms with Crippen LogP contribution < -0.4 is 15.5 Å². The summed E-state index contributed by atoms with van der Waals surface area (Å²) in [4.78, 5) is 3.13. The first-order valence-electron chi connectivity index (χ1n) is 5.55. The van der Waals surface area contributed by atoms with Gasteiger partial charge in [0.15, 0.2) is 0 Å². The van der Waals surface area contributed by atoms with Crippen molar-refractivity contribution in [1.82, 2.24) is 15.5 Å². The van der Waals surface area contributed by atoms with Crippen LogP contribution in [-0.2, 0) is 74.4 Å². The maximum atomic E-state index is 4.59. The minimum Gasteiger partial charge on any atom is -0.412 e. The second-order valence-corrected chi connectivity index (χ2v) is 7.27. The topological polar surface area (TPSA) is 31.7 Å². The van der Waals surface area contributed by atoms with E-state index in [1.165, 1.54) is 4.90 Å². The molecule has 12 heteroatoms. The second-order valence-electron chi connectivity index (χ2n) is 4.09. The second kappa shape index (κ2) is 24.7. The SMILES string of the molecule is CN(C)C(=S)[S-].C[NH+](C)C.S=C([S-])NCCNC(=S)[S-].[Mn].[Zn+2]. The first-order chi connectivity index (χ1) is 9.00. The molecular weight excluding hydrogens is 489 g/mol. The number of quaternary nitrogens is 1. The molecule has 0 spiro atoms. The quantitative estimate of drug-likeness (QED) is 0.191. The standard InChI is InChI=1S/C4H8N2S4.C3H7NS2.C3H9N.Mn.Zn/c7-3(8)5-1-2-6-4(9)10;1-4(2)3(5)6;1-4(2)3;;/h1-2H2,(H2,5,7,8)(H2,6,9,10);1-2H3,(H,5,6);1-3H3;;/q;;;;+2/p-2. The summed E-state index contributed by atoms with van der Waals surface area (Å²) in [7, 11) is 9.91. The molecule has 127 valence electrons. The number of rotatable bonds is 3. The van der Waals surface area contributed by atoms with E-state index in [1.807, 2.05) is 14.1 Å². The molecule has 0 unspecified atom stereocenters. The van der Waals surface area contributed by atoms with Crippen LogP contribution in [0, 0.1) is 0 Å². The first kappa shape index (κ1) is 34.7. The van der Waals surface area contributed by atoms with Crippen LogP contribution in [0.25, 0.3) is 0 Å². The predicted octanol–water partition coefficient (Wildman–Crippen LogP) is -1.04. The fourth-order valence-electron chi connectivity index (χ4n) is 0.329. The molecule has 1 radical (unpaired) electrons. The fourth-order valence-corrected chi connectivity index (χ4v) is 0.737. The number of hydrogen-bond donors (Lipinski definition) is 3. The Labute approximate surface area is 191 Å². The van der Waals surface area contributed by atoms with Gasteiger partial charge in [-0.2, -0.15) is 0 Å². The van der Waals surface area contributed by atoms with E-state index in [0.717, 1.165) is 0 Å². The maximum absolute atomic E-state index is 4.59. The largest absolute Gasteiger partial charge is 2.00 e. The van der Waals surface area contributed by atoms with E-state index in [9.17, 15) is 0 Å². The van der Waals surface area contributed by atoms with Crippen molar-refractivity contribution in [1.29, 1.82) is 0 Å². The van der Waals surface area contributed by atoms with Gasteiger partial charge in [0.05, 0.1) is 21.1 Å². The van der Waals surface area contributed by atoms with Gasteiger partial charge in [0.25, 0.3) is 0 Å². The third-order valence-corrected chi connectivity index (χ3v) is 2.34. The van der Waals surface area contributed by atoms with Gasteiger partial charge in [0, 0.05) is 44.3 Å². The van der Waals surface area contributed by atoms with Crippen LogP contribution in [0.3, 0.4) is 0 Å². The summed E-state index contributed by atoms with van der Waals surface area (Å²) in [6.45, 7) is 1.33. The molecule has 0 aromatic rings. The van der Waals surface area contributed by atoms with E-state index in [4.69, 9.17) is 0 Å². The average molecular weight is 511 g/mol. The number of thiocarbonyl (C=S) groups is 3. The van der Waals surface area contributed by atoms with Crippen molar-refractivity contribution in [3.63, 3.8) is 0 Å². The van der Waals surface area contributed by atoms with Gasteiger partial charge < -0.3 is 95.0 Å². The van der Waals surface area contributed by atoms with E-state index in [2.05, 4.69) is 106 Å². The number of hydrogen-bond acceptors (Lipinski definition) is 6. The number of nitrogens with zero attached hydrogens (tertiary/aromatic N) is 1. The van der Waals surface area contributed by atoms with Crippen LogP contribution in [0.4, 0.5) is 0 Å². The summed E-state index contributed by atoms with van der Waals surface area (Å²) in [6, 6.07) is 0. The molecule has 0 atom stereocenters. The van der Waals surface area contributed by atoms with Crippen LogP contribution in [0.15, 0.2) is 0 Å². The van der Waals surface area contributed by atoms with Crippen LogP contribution in [0.2, 0.25) is 0 Å². The molecule has 0 fully saturated rings. The molecule has 0 aromatic heterocycles. The molecule has 22 heavy (non-hydrogen) atoms. The Balaban J connectivity index is -0.0000000697.